The van der Waals surface area contributed by atoms with Crippen LogP contribution in [0.15, 0.2) is 29.2 Å². The molecule has 0 atom stereocenters. The molecule has 0 heterocycles. The maximum atomic E-state index is 10.8. The summed E-state index contributed by atoms with van der Waals surface area (Å²) in [6.07, 6.45) is 0. The number of hydrogen-bond donors (Lipinski definition) is 0. The molecule has 1 aromatic rings. The predicted molar refractivity (Wildman–Crippen MR) is 46.5 cm³/mol. The molecule has 0 aliphatic rings. The summed E-state index contributed by atoms with van der Waals surface area (Å²) in [6, 6.07) is 8.92. The minimum atomic E-state index is -3.05. The fourth-order valence-corrected chi connectivity index (χ4v) is 1.88. The molecule has 1 rings (SSSR count). The monoisotopic (exact) mass is 267 g/mol. The van der Waals surface area contributed by atoms with Crippen molar-refractivity contribution in [1.29, 1.82) is 0 Å². The quantitative estimate of drug-likeness (QED) is 0.572. The van der Waals surface area contributed by atoms with Crippen LogP contribution in [-0.4, -0.2) is 8.42 Å². The predicted octanol–water partition coefficient (Wildman–Crippen LogP) is 1.61. The zero-order chi connectivity index (χ0) is 7.61. The van der Waals surface area contributed by atoms with Gasteiger partial charge in [-0.3, -0.25) is 0 Å². The van der Waals surface area contributed by atoms with Gasteiger partial charge in [-0.15, -0.1) is 0 Å². The Bertz CT molecular complexity index is 304. The van der Waals surface area contributed by atoms with Crippen LogP contribution in [0.25, 0.3) is 0 Å². The van der Waals surface area contributed by atoms with E-state index < -0.39 is 7.01 Å². The highest BCUT2D eigenvalue weighted by atomic mass is 127. The van der Waals surface area contributed by atoms with Gasteiger partial charge < -0.3 is 0 Å². The Morgan fingerprint density at radius 3 is 2.10 bits per heavy atom. The van der Waals surface area contributed by atoms with Crippen molar-refractivity contribution in [3.8, 4) is 0 Å². The maximum Gasteiger partial charge on any atom is 0.231 e. The number of hydrogen-bond acceptors (Lipinski definition) is 2. The van der Waals surface area contributed by atoms with Gasteiger partial charge in [0.1, 0.15) is 0 Å². The van der Waals surface area contributed by atoms with Gasteiger partial charge in [0.2, 0.25) is 7.01 Å². The lowest BCUT2D eigenvalue weighted by Gasteiger charge is -1.91. The average molecular weight is 267 g/mol. The van der Waals surface area contributed by atoms with Gasteiger partial charge in [0.25, 0.3) is 0 Å². The van der Waals surface area contributed by atoms with Crippen molar-refractivity contribution in [3.05, 3.63) is 30.3 Å². The zero-order valence-corrected chi connectivity index (χ0v) is 7.89. The first-order valence-corrected chi connectivity index (χ1v) is 6.54. The van der Waals surface area contributed by atoms with Crippen molar-refractivity contribution in [2.45, 2.75) is 4.90 Å². The number of benzene rings is 1. The molecule has 0 aliphatic carbocycles. The van der Waals surface area contributed by atoms with Crippen LogP contribution < -0.4 is 0 Å². The summed E-state index contributed by atoms with van der Waals surface area (Å²) in [6.45, 7) is 0. The smallest absolute Gasteiger partial charge is 0.213 e. The second-order valence-electron chi connectivity index (χ2n) is 1.67. The van der Waals surface area contributed by atoms with Crippen molar-refractivity contribution in [2.75, 3.05) is 0 Å². The molecule has 0 spiro atoms. The summed E-state index contributed by atoms with van der Waals surface area (Å²) < 4.78 is 21.6. The normalized spacial score (nSPS) is 11.3. The van der Waals surface area contributed by atoms with Crippen LogP contribution in [0.4, 0.5) is 0 Å². The van der Waals surface area contributed by atoms with Crippen LogP contribution in [0.5, 0.6) is 0 Å². The van der Waals surface area contributed by atoms with E-state index in [2.05, 4.69) is 6.07 Å². The Labute approximate surface area is 71.8 Å². The number of halogens is 1. The maximum absolute atomic E-state index is 10.8. The van der Waals surface area contributed by atoms with Gasteiger partial charge in [-0.1, -0.05) is 12.1 Å². The molecule has 2 nitrogen and oxygen atoms in total. The molecule has 0 aliphatic heterocycles. The second-order valence-corrected chi connectivity index (χ2v) is 6.50. The molecule has 0 unspecified atom stereocenters. The van der Waals surface area contributed by atoms with Crippen LogP contribution >= 0.6 is 21.2 Å². The summed E-state index contributed by atoms with van der Waals surface area (Å²) in [5.41, 5.74) is 0. The molecule has 1 aromatic carbocycles. The van der Waals surface area contributed by atoms with Gasteiger partial charge in [-0.25, -0.2) is 8.42 Å². The fourth-order valence-electron chi connectivity index (χ4n) is 0.534. The Hall–Kier alpha value is -0.100. The fraction of sp³-hybridized carbons (Fsp3) is 0. The van der Waals surface area contributed by atoms with E-state index in [4.69, 9.17) is 0 Å². The van der Waals surface area contributed by atoms with E-state index in [0.29, 0.717) is 4.90 Å². The molecule has 0 bridgehead atoms. The Morgan fingerprint density at radius 2 is 1.80 bits per heavy atom. The highest BCUT2D eigenvalue weighted by Crippen LogP contribution is 2.15. The lowest BCUT2D eigenvalue weighted by molar-refractivity contribution is 0.612. The average Bonchev–Trinajstić information content (AvgIpc) is 1.88. The van der Waals surface area contributed by atoms with E-state index in [9.17, 15) is 8.42 Å². The number of rotatable bonds is 1. The summed E-state index contributed by atoms with van der Waals surface area (Å²) in [5, 5.41) is 0. The standard InChI is InChI=1S/C6H4IO2S/c7-10(8,9)6-4-2-1-3-5-6/h2-5H. The third kappa shape index (κ3) is 1.95. The van der Waals surface area contributed by atoms with E-state index in [0.717, 1.165) is 0 Å². The summed E-state index contributed by atoms with van der Waals surface area (Å²) in [5.74, 6) is 0. The van der Waals surface area contributed by atoms with E-state index in [-0.39, 0.29) is 0 Å². The molecule has 0 aromatic heterocycles. The third-order valence-electron chi connectivity index (χ3n) is 0.969. The van der Waals surface area contributed by atoms with Gasteiger partial charge in [0.15, 0.2) is 0 Å². The van der Waals surface area contributed by atoms with Gasteiger partial charge >= 0.3 is 0 Å². The van der Waals surface area contributed by atoms with Crippen LogP contribution in [0.3, 0.4) is 0 Å². The minimum absolute atomic E-state index is 0.326. The summed E-state index contributed by atoms with van der Waals surface area (Å²) in [4.78, 5) is 0.326. The molecular formula is C6H4IO2S. The van der Waals surface area contributed by atoms with E-state index in [1.54, 1.807) is 12.1 Å². The molecular weight excluding hydrogens is 263 g/mol. The minimum Gasteiger partial charge on any atom is -0.213 e. The topological polar surface area (TPSA) is 34.1 Å². The Morgan fingerprint density at radius 1 is 1.30 bits per heavy atom. The second kappa shape index (κ2) is 2.87. The van der Waals surface area contributed by atoms with Crippen LogP contribution in [0.1, 0.15) is 0 Å². The molecule has 0 saturated carbocycles. The van der Waals surface area contributed by atoms with Crippen molar-refractivity contribution in [1.82, 2.24) is 0 Å². The van der Waals surface area contributed by atoms with Crippen molar-refractivity contribution in [3.63, 3.8) is 0 Å². The first kappa shape index (κ1) is 8.00. The lowest BCUT2D eigenvalue weighted by Crippen LogP contribution is -1.86. The molecule has 1 radical (unpaired) electrons. The molecule has 0 amide bonds. The van der Waals surface area contributed by atoms with Gasteiger partial charge in [0.05, 0.1) is 26.1 Å². The lowest BCUT2D eigenvalue weighted by atomic mass is 10.4. The van der Waals surface area contributed by atoms with Crippen LogP contribution in [-0.2, 0) is 7.01 Å². The zero-order valence-electron chi connectivity index (χ0n) is 4.91. The molecule has 4 heteroatoms. The first-order chi connectivity index (χ1) is 4.61. The Balaban J connectivity index is 3.22. The summed E-state index contributed by atoms with van der Waals surface area (Å²) >= 11 is 1.40. The van der Waals surface area contributed by atoms with Crippen molar-refractivity contribution < 1.29 is 8.42 Å². The van der Waals surface area contributed by atoms with E-state index in [1.807, 2.05) is 0 Å². The largest absolute Gasteiger partial charge is 0.231 e. The van der Waals surface area contributed by atoms with Crippen LogP contribution in [0, 0.1) is 6.07 Å². The molecule has 53 valence electrons. The van der Waals surface area contributed by atoms with Gasteiger partial charge in [-0.05, 0) is 18.2 Å². The van der Waals surface area contributed by atoms with Crippen molar-refractivity contribution in [2.24, 2.45) is 0 Å². The van der Waals surface area contributed by atoms with E-state index >= 15 is 0 Å². The third-order valence-corrected chi connectivity index (χ3v) is 3.33. The van der Waals surface area contributed by atoms with Crippen molar-refractivity contribution >= 4 is 28.2 Å². The SMILES string of the molecule is O=S(=O)(I)c1cc[c]cc1. The molecule has 0 fully saturated rings. The highest BCUT2D eigenvalue weighted by Gasteiger charge is 2.05. The Kier molecular flexibility index (Phi) is 2.30. The summed E-state index contributed by atoms with van der Waals surface area (Å²) in [7, 11) is -3.05. The molecule has 0 N–H and O–H groups in total. The van der Waals surface area contributed by atoms with Gasteiger partial charge in [-0.2, -0.15) is 0 Å². The molecule has 10 heavy (non-hydrogen) atoms. The van der Waals surface area contributed by atoms with Crippen LogP contribution in [0.2, 0.25) is 0 Å². The first-order valence-electron chi connectivity index (χ1n) is 2.51. The molecule has 0 saturated heterocycles. The van der Waals surface area contributed by atoms with Gasteiger partial charge in [0, 0.05) is 0 Å². The van der Waals surface area contributed by atoms with E-state index in [1.165, 1.54) is 33.3 Å². The highest BCUT2D eigenvalue weighted by molar-refractivity contribution is 14.2.